The average Bonchev–Trinajstić information content (AvgIpc) is 1.04. The molecule has 1 aliphatic rings. The number of esters is 1. The van der Waals surface area contributed by atoms with Crippen molar-refractivity contribution in [1.29, 1.82) is 0 Å². The van der Waals surface area contributed by atoms with Gasteiger partial charge in [0.05, 0.1) is 12.6 Å². The van der Waals surface area contributed by atoms with E-state index < -0.39 is 162 Å². The molecule has 1 fully saturated rings. The number of aliphatic hydroxyl groups excluding tert-OH is 1. The Balaban J connectivity index is 4.34. The van der Waals surface area contributed by atoms with Crippen LogP contribution in [0.3, 0.4) is 0 Å². The number of carbonyl (C=O) groups excluding carboxylic acids is 12. The molecule has 0 radical (unpaired) electrons. The van der Waals surface area contributed by atoms with Gasteiger partial charge in [-0.2, -0.15) is 0 Å². The number of carbonyl (C=O) groups is 12. The summed E-state index contributed by atoms with van der Waals surface area (Å²) >= 11 is 1.32. The number of rotatable bonds is 19. The Morgan fingerprint density at radius 2 is 0.944 bits per heavy atom. The van der Waals surface area contributed by atoms with Gasteiger partial charge in [-0.15, -0.1) is 11.8 Å². The molecule has 0 spiro atoms. The number of thioether (sulfide) groups is 1. The maximum atomic E-state index is 15.3. The quantitative estimate of drug-likeness (QED) is 0.0915. The number of nitrogens with zero attached hydrogens (tertiary/aromatic N) is 7. The van der Waals surface area contributed by atoms with Crippen LogP contribution in [0.25, 0.3) is 0 Å². The van der Waals surface area contributed by atoms with Crippen LogP contribution in [-0.2, 0) is 62.3 Å². The predicted octanol–water partition coefficient (Wildman–Crippen LogP) is 3.34. The molecule has 0 unspecified atom stereocenters. The zero-order chi connectivity index (χ0) is 69.7. The second kappa shape index (κ2) is 38.1. The Hall–Kier alpha value is -6.05. The Kier molecular flexibility index (Phi) is 34.7. The fourth-order valence-corrected chi connectivity index (χ4v) is 11.4. The van der Waals surface area contributed by atoms with Crippen molar-refractivity contribution in [3.05, 3.63) is 0 Å². The van der Waals surface area contributed by atoms with Crippen molar-refractivity contribution in [2.45, 2.75) is 229 Å². The molecule has 0 aromatic heterocycles. The van der Waals surface area contributed by atoms with Crippen LogP contribution in [0.4, 0.5) is 0 Å². The molecule has 1 aliphatic heterocycles. The minimum absolute atomic E-state index is 0.00683. The third kappa shape index (κ3) is 23.9. The van der Waals surface area contributed by atoms with Crippen molar-refractivity contribution >= 4 is 82.7 Å². The first-order chi connectivity index (χ1) is 41.6. The van der Waals surface area contributed by atoms with E-state index in [0.29, 0.717) is 0 Å². The summed E-state index contributed by atoms with van der Waals surface area (Å²) in [5, 5.41) is 23.2. The van der Waals surface area contributed by atoms with Gasteiger partial charge in [-0.25, -0.2) is 0 Å². The molecule has 0 aromatic carbocycles. The molecule has 1 saturated heterocycles. The molecular weight excluding hydrogens is 1180 g/mol. The lowest BCUT2D eigenvalue weighted by atomic mass is 9.90. The van der Waals surface area contributed by atoms with Crippen LogP contribution in [0.1, 0.15) is 162 Å². The van der Waals surface area contributed by atoms with Crippen LogP contribution < -0.4 is 21.3 Å². The van der Waals surface area contributed by atoms with Gasteiger partial charge in [0.1, 0.15) is 66.4 Å². The van der Waals surface area contributed by atoms with E-state index in [2.05, 4.69) is 21.3 Å². The van der Waals surface area contributed by atoms with Gasteiger partial charge in [-0.1, -0.05) is 96.9 Å². The van der Waals surface area contributed by atoms with E-state index in [1.807, 2.05) is 55.4 Å². The van der Waals surface area contributed by atoms with Crippen LogP contribution in [0, 0.1) is 41.4 Å². The first kappa shape index (κ1) is 82.0. The number of hydrogen-bond donors (Lipinski definition) is 5. The highest BCUT2D eigenvalue weighted by atomic mass is 32.2. The largest absolute Gasteiger partial charge is 0.455 e. The van der Waals surface area contributed by atoms with Gasteiger partial charge in [0.25, 0.3) is 0 Å². The molecule has 5 N–H and O–H groups in total. The smallest absolute Gasteiger partial charge is 0.306 e. The highest BCUT2D eigenvalue weighted by Crippen LogP contribution is 2.26. The second-order valence-electron chi connectivity index (χ2n) is 27.1. The normalized spacial score (nSPS) is 25.9. The third-order valence-corrected chi connectivity index (χ3v) is 17.1. The molecule has 11 amide bonds. The first-order valence-corrected chi connectivity index (χ1v) is 33.4. The van der Waals surface area contributed by atoms with E-state index in [1.165, 1.54) is 99.4 Å². The van der Waals surface area contributed by atoms with Crippen LogP contribution in [-0.4, -0.2) is 245 Å². The van der Waals surface area contributed by atoms with Gasteiger partial charge in [0.2, 0.25) is 65.0 Å². The first-order valence-electron chi connectivity index (χ1n) is 32.0. The van der Waals surface area contributed by atoms with Crippen molar-refractivity contribution in [3.63, 3.8) is 0 Å². The molecule has 516 valence electrons. The van der Waals surface area contributed by atoms with Gasteiger partial charge in [0.15, 0.2) is 0 Å². The van der Waals surface area contributed by atoms with Crippen LogP contribution in [0.5, 0.6) is 0 Å². The average molecular weight is 1290 g/mol. The fraction of sp³-hybridized carbons (Fsp3) is 0.812. The summed E-state index contributed by atoms with van der Waals surface area (Å²) in [6.07, 6.45) is 1.14. The molecule has 25 nitrogen and oxygen atoms in total. The molecule has 12 atom stereocenters. The lowest BCUT2D eigenvalue weighted by Gasteiger charge is -2.41. The molecule has 0 aromatic rings. The van der Waals surface area contributed by atoms with Crippen LogP contribution in [0.2, 0.25) is 0 Å². The Labute approximate surface area is 541 Å². The zero-order valence-corrected chi connectivity index (χ0v) is 59.6. The van der Waals surface area contributed by atoms with E-state index >= 15 is 14.4 Å². The molecular formula is C64H115N11O14S. The van der Waals surface area contributed by atoms with Crippen molar-refractivity contribution in [2.75, 3.05) is 68.1 Å². The standard InChI is InChI=1S/C64H115N11O14S/c1-25-44-60(84)69(17)33-49(76)70(18)45(29-35(2)3)57(81)68-51(39(10)11)63(87)71(19)46(30-36(4)5)56(80)65-42(15)55(79)66-43(16)59(83)72(20)47(31-37(6)7)61(85)73(21)48(32-38(8)9)62(86)74(22)52(40(12)13)64(88)75(23)53(58(82)67-44)54(78)41(14)27-26-28-50(77)89-34-90-24/h35-48,51-54,78H,25-34H2,1-24H3,(H,65,80)(H,66,79)(H,67,82)(H,68,81)/t41-,42-,43+,44-,45+,46-,47+,48+,51+,52-,53+,54-/m1/s1. The summed E-state index contributed by atoms with van der Waals surface area (Å²) in [6.45, 7) is 27.2. The van der Waals surface area contributed by atoms with Gasteiger partial charge in [0, 0.05) is 55.8 Å². The van der Waals surface area contributed by atoms with Crippen molar-refractivity contribution in [3.8, 4) is 0 Å². The number of nitrogens with one attached hydrogen (secondary N) is 4. The highest BCUT2D eigenvalue weighted by Gasteiger charge is 2.46. The molecule has 0 aliphatic carbocycles. The van der Waals surface area contributed by atoms with Crippen molar-refractivity contribution < 1.29 is 67.4 Å². The Morgan fingerprint density at radius 1 is 0.511 bits per heavy atom. The van der Waals surface area contributed by atoms with Gasteiger partial charge >= 0.3 is 5.97 Å². The van der Waals surface area contributed by atoms with Gasteiger partial charge in [-0.05, 0) is 106 Å². The number of aliphatic hydroxyl groups is 1. The van der Waals surface area contributed by atoms with E-state index in [-0.39, 0.29) is 81.0 Å². The summed E-state index contributed by atoms with van der Waals surface area (Å²) < 4.78 is 5.21. The minimum Gasteiger partial charge on any atom is -0.455 e. The van der Waals surface area contributed by atoms with Crippen LogP contribution in [0.15, 0.2) is 0 Å². The molecule has 90 heavy (non-hydrogen) atoms. The topological polar surface area (TPSA) is 305 Å². The summed E-state index contributed by atoms with van der Waals surface area (Å²) in [5.41, 5.74) is 0. The number of amides is 11. The van der Waals surface area contributed by atoms with E-state index in [4.69, 9.17) is 4.74 Å². The number of ether oxygens (including phenoxy) is 1. The monoisotopic (exact) mass is 1290 g/mol. The predicted molar refractivity (Wildman–Crippen MR) is 347 cm³/mol. The fourth-order valence-electron chi connectivity index (χ4n) is 11.1. The lowest BCUT2D eigenvalue weighted by Crippen LogP contribution is -2.63. The summed E-state index contributed by atoms with van der Waals surface area (Å²) in [4.78, 5) is 182. The lowest BCUT2D eigenvalue weighted by molar-refractivity contribution is -0.157. The minimum atomic E-state index is -1.70. The summed E-state index contributed by atoms with van der Waals surface area (Å²) in [5.74, 6) is -10.6. The number of hydrogen-bond acceptors (Lipinski definition) is 15. The zero-order valence-electron chi connectivity index (χ0n) is 58.8. The van der Waals surface area contributed by atoms with Gasteiger partial charge in [-0.3, -0.25) is 57.5 Å². The molecule has 1 heterocycles. The van der Waals surface area contributed by atoms with E-state index in [0.717, 1.165) is 9.80 Å². The Morgan fingerprint density at radius 3 is 1.41 bits per heavy atom. The maximum Gasteiger partial charge on any atom is 0.306 e. The van der Waals surface area contributed by atoms with Crippen LogP contribution >= 0.6 is 11.8 Å². The summed E-state index contributed by atoms with van der Waals surface area (Å²) in [7, 11) is 9.78. The Bertz CT molecular complexity index is 2440. The maximum absolute atomic E-state index is 15.3. The van der Waals surface area contributed by atoms with E-state index in [9.17, 15) is 48.3 Å². The molecule has 0 saturated carbocycles. The third-order valence-electron chi connectivity index (χ3n) is 16.7. The SMILES string of the molecule is CC[C@H]1NC(=O)[C@H]([C@H](O)[C@H](C)CCCC(=O)OCSC)N(C)C(=O)[C@@H](C(C)C)N(C)C(=O)[C@H](CC(C)C)N(C)C(=O)[C@H](CC(C)C)N(C)C(=O)[C@H](C)NC(=O)[C@@H](C)NC(=O)[C@@H](CC(C)C)N(C)C(=O)[C@H](C(C)C)NC(=O)[C@H](CC(C)C)N(C)C(=O)CN(C)C1=O. The second-order valence-corrected chi connectivity index (χ2v) is 27.9. The highest BCUT2D eigenvalue weighted by molar-refractivity contribution is 7.98. The summed E-state index contributed by atoms with van der Waals surface area (Å²) in [6, 6.07) is -12.7. The molecule has 26 heteroatoms. The number of likely N-dealkylation sites (N-methyl/N-ethyl adjacent to an activating group) is 7. The molecule has 0 bridgehead atoms. The molecule has 1 rings (SSSR count). The van der Waals surface area contributed by atoms with Gasteiger partial charge < -0.3 is 65.4 Å². The van der Waals surface area contributed by atoms with Crippen molar-refractivity contribution in [2.24, 2.45) is 41.4 Å². The van der Waals surface area contributed by atoms with E-state index in [1.54, 1.807) is 47.8 Å². The van der Waals surface area contributed by atoms with Crippen molar-refractivity contribution in [1.82, 2.24) is 55.6 Å².